The van der Waals surface area contributed by atoms with Crippen LogP contribution in [0.25, 0.3) is 0 Å². The number of halogens is 1. The molecule has 0 atom stereocenters. The number of para-hydroxylation sites is 1. The van der Waals surface area contributed by atoms with Crippen molar-refractivity contribution < 1.29 is 17.9 Å². The monoisotopic (exact) mass is 396 g/mol. The lowest BCUT2D eigenvalue weighted by molar-refractivity contribution is -0.116. The summed E-state index contributed by atoms with van der Waals surface area (Å²) in [6.45, 7) is -0.0820. The molecule has 0 aliphatic heterocycles. The Kier molecular flexibility index (Phi) is 7.02. The first-order valence-corrected chi connectivity index (χ1v) is 10.1. The van der Waals surface area contributed by atoms with Crippen molar-refractivity contribution in [3.05, 3.63) is 59.1 Å². The third kappa shape index (κ3) is 6.01. The zero-order valence-corrected chi connectivity index (χ0v) is 16.2. The van der Waals surface area contributed by atoms with Crippen LogP contribution < -0.4 is 10.1 Å². The van der Waals surface area contributed by atoms with Crippen LogP contribution in [-0.2, 0) is 21.2 Å². The van der Waals surface area contributed by atoms with Crippen LogP contribution in [0.3, 0.4) is 0 Å². The van der Waals surface area contributed by atoms with Crippen molar-refractivity contribution in [1.29, 1.82) is 0 Å². The third-order valence-electron chi connectivity index (χ3n) is 3.75. The Morgan fingerprint density at radius 2 is 1.81 bits per heavy atom. The molecule has 1 N–H and O–H groups in total. The van der Waals surface area contributed by atoms with Crippen LogP contribution in [0.5, 0.6) is 5.75 Å². The highest BCUT2D eigenvalue weighted by Crippen LogP contribution is 2.20. The van der Waals surface area contributed by atoms with Gasteiger partial charge in [-0.25, -0.2) is 8.42 Å². The highest BCUT2D eigenvalue weighted by Gasteiger charge is 2.20. The highest BCUT2D eigenvalue weighted by atomic mass is 35.5. The van der Waals surface area contributed by atoms with Gasteiger partial charge in [0.25, 0.3) is 0 Å². The number of hydrogen-bond donors (Lipinski definition) is 1. The van der Waals surface area contributed by atoms with Gasteiger partial charge in [-0.1, -0.05) is 35.9 Å². The third-order valence-corrected chi connectivity index (χ3v) is 5.33. The second-order valence-electron chi connectivity index (χ2n) is 5.72. The highest BCUT2D eigenvalue weighted by molar-refractivity contribution is 7.88. The Labute approximate surface area is 158 Å². The van der Waals surface area contributed by atoms with Crippen LogP contribution in [0.1, 0.15) is 5.56 Å². The number of carbonyl (C=O) groups is 1. The van der Waals surface area contributed by atoms with E-state index in [0.29, 0.717) is 17.1 Å². The minimum atomic E-state index is -3.53. The number of nitrogens with zero attached hydrogens (tertiary/aromatic N) is 1. The number of ether oxygens (including phenoxy) is 1. The van der Waals surface area contributed by atoms with E-state index < -0.39 is 15.9 Å². The SMILES string of the molecule is COc1ccc(CCN(CC(=O)Nc2ccccc2Cl)S(C)(=O)=O)cc1. The van der Waals surface area contributed by atoms with Crippen LogP contribution >= 0.6 is 11.6 Å². The lowest BCUT2D eigenvalue weighted by atomic mass is 10.1. The molecule has 1 amide bonds. The molecule has 2 rings (SSSR count). The Hall–Kier alpha value is -2.09. The molecule has 8 heteroatoms. The lowest BCUT2D eigenvalue weighted by Crippen LogP contribution is -2.38. The molecule has 140 valence electrons. The maximum atomic E-state index is 12.2. The van der Waals surface area contributed by atoms with Gasteiger partial charge in [-0.2, -0.15) is 4.31 Å². The Bertz CT molecular complexity index is 854. The van der Waals surface area contributed by atoms with E-state index in [-0.39, 0.29) is 13.1 Å². The molecule has 0 bridgehead atoms. The first kappa shape index (κ1) is 20.2. The van der Waals surface area contributed by atoms with E-state index in [0.717, 1.165) is 21.9 Å². The molecule has 0 aliphatic rings. The summed E-state index contributed by atoms with van der Waals surface area (Å²) in [4.78, 5) is 12.2. The van der Waals surface area contributed by atoms with E-state index in [9.17, 15) is 13.2 Å². The molecule has 0 aromatic heterocycles. The molecule has 2 aromatic rings. The largest absolute Gasteiger partial charge is 0.497 e. The van der Waals surface area contributed by atoms with Gasteiger partial charge >= 0.3 is 0 Å². The van der Waals surface area contributed by atoms with Gasteiger partial charge in [-0.05, 0) is 36.2 Å². The predicted octanol–water partition coefficient (Wildman–Crippen LogP) is 2.79. The quantitative estimate of drug-likeness (QED) is 0.744. The summed E-state index contributed by atoms with van der Waals surface area (Å²) in [5.41, 5.74) is 1.40. The number of anilines is 1. The molecule has 0 fully saturated rings. The van der Waals surface area contributed by atoms with E-state index in [1.807, 2.05) is 24.3 Å². The molecule has 0 radical (unpaired) electrons. The second kappa shape index (κ2) is 9.02. The fourth-order valence-electron chi connectivity index (χ4n) is 2.32. The van der Waals surface area contributed by atoms with Crippen molar-refractivity contribution in [3.8, 4) is 5.75 Å². The summed E-state index contributed by atoms with van der Waals surface area (Å²) >= 11 is 6.00. The standard InChI is InChI=1S/C18H21ClN2O4S/c1-25-15-9-7-14(8-10-15)11-12-21(26(2,23)24)13-18(22)20-17-6-4-3-5-16(17)19/h3-10H,11-13H2,1-2H3,(H,20,22). The minimum absolute atomic E-state index is 0.196. The van der Waals surface area contributed by atoms with Crippen molar-refractivity contribution in [2.45, 2.75) is 6.42 Å². The fourth-order valence-corrected chi connectivity index (χ4v) is 3.28. The Balaban J connectivity index is 2.00. The molecule has 0 spiro atoms. The Morgan fingerprint density at radius 1 is 1.15 bits per heavy atom. The van der Waals surface area contributed by atoms with Crippen LogP contribution in [0, 0.1) is 0 Å². The summed E-state index contributed by atoms with van der Waals surface area (Å²) in [6.07, 6.45) is 1.57. The summed E-state index contributed by atoms with van der Waals surface area (Å²) in [6, 6.07) is 14.1. The van der Waals surface area contributed by atoms with Gasteiger partial charge in [0.05, 0.1) is 30.6 Å². The number of amides is 1. The zero-order chi connectivity index (χ0) is 19.2. The first-order valence-electron chi connectivity index (χ1n) is 7.92. The van der Waals surface area contributed by atoms with Crippen LogP contribution in [-0.4, -0.2) is 45.1 Å². The van der Waals surface area contributed by atoms with Gasteiger partial charge in [0, 0.05) is 6.54 Å². The van der Waals surface area contributed by atoms with Gasteiger partial charge in [0.1, 0.15) is 5.75 Å². The number of nitrogens with one attached hydrogen (secondary N) is 1. The van der Waals surface area contributed by atoms with Crippen LogP contribution in [0.4, 0.5) is 5.69 Å². The Morgan fingerprint density at radius 3 is 2.38 bits per heavy atom. The summed E-state index contributed by atoms with van der Waals surface area (Å²) < 4.78 is 30.3. The van der Waals surface area contributed by atoms with E-state index in [1.54, 1.807) is 31.4 Å². The number of carbonyl (C=O) groups excluding carboxylic acids is 1. The van der Waals surface area contributed by atoms with Crippen LogP contribution in [0.2, 0.25) is 5.02 Å². The fraction of sp³-hybridized carbons (Fsp3) is 0.278. The van der Waals surface area contributed by atoms with Crippen molar-refractivity contribution in [2.24, 2.45) is 0 Å². The molecule has 0 unspecified atom stereocenters. The molecule has 0 heterocycles. The van der Waals surface area contributed by atoms with E-state index >= 15 is 0 Å². The molecule has 0 aliphatic carbocycles. The van der Waals surface area contributed by atoms with Crippen LogP contribution in [0.15, 0.2) is 48.5 Å². The average Bonchev–Trinajstić information content (AvgIpc) is 2.60. The molecule has 6 nitrogen and oxygen atoms in total. The normalized spacial score (nSPS) is 11.4. The van der Waals surface area contributed by atoms with E-state index in [2.05, 4.69) is 5.32 Å². The maximum absolute atomic E-state index is 12.2. The molecule has 2 aromatic carbocycles. The second-order valence-corrected chi connectivity index (χ2v) is 8.11. The first-order chi connectivity index (χ1) is 12.3. The van der Waals surface area contributed by atoms with E-state index in [1.165, 1.54) is 0 Å². The van der Waals surface area contributed by atoms with E-state index in [4.69, 9.17) is 16.3 Å². The summed E-state index contributed by atoms with van der Waals surface area (Å²) in [5.74, 6) is 0.283. The lowest BCUT2D eigenvalue weighted by Gasteiger charge is -2.19. The molecule has 0 saturated heterocycles. The van der Waals surface area contributed by atoms with Crippen molar-refractivity contribution >= 4 is 33.2 Å². The smallest absolute Gasteiger partial charge is 0.239 e. The zero-order valence-electron chi connectivity index (χ0n) is 14.6. The predicted molar refractivity (Wildman–Crippen MR) is 103 cm³/mol. The molecule has 26 heavy (non-hydrogen) atoms. The number of sulfonamides is 1. The van der Waals surface area contributed by atoms with Gasteiger partial charge in [0.2, 0.25) is 15.9 Å². The number of rotatable bonds is 8. The number of methoxy groups -OCH3 is 1. The summed E-state index contributed by atoms with van der Waals surface area (Å²) in [7, 11) is -1.95. The van der Waals surface area contributed by atoms with Crippen molar-refractivity contribution in [3.63, 3.8) is 0 Å². The molecular weight excluding hydrogens is 376 g/mol. The summed E-state index contributed by atoms with van der Waals surface area (Å²) in [5, 5.41) is 3.03. The number of hydrogen-bond acceptors (Lipinski definition) is 4. The number of benzene rings is 2. The van der Waals surface area contributed by atoms with Crippen molar-refractivity contribution in [1.82, 2.24) is 4.31 Å². The van der Waals surface area contributed by atoms with Gasteiger partial charge in [-0.15, -0.1) is 0 Å². The maximum Gasteiger partial charge on any atom is 0.239 e. The van der Waals surface area contributed by atoms with Gasteiger partial charge in [0.15, 0.2) is 0 Å². The molecular formula is C18H21ClN2O4S. The average molecular weight is 397 g/mol. The van der Waals surface area contributed by atoms with Gasteiger partial charge < -0.3 is 10.1 Å². The van der Waals surface area contributed by atoms with Gasteiger partial charge in [-0.3, -0.25) is 4.79 Å². The topological polar surface area (TPSA) is 75.7 Å². The van der Waals surface area contributed by atoms with Crippen molar-refractivity contribution in [2.75, 3.05) is 31.8 Å². The minimum Gasteiger partial charge on any atom is -0.497 e. The molecule has 0 saturated carbocycles.